The molecule has 1 rings (SSSR count). The van der Waals surface area contributed by atoms with E-state index in [4.69, 9.17) is 8.85 Å². The van der Waals surface area contributed by atoms with Crippen molar-refractivity contribution in [2.24, 2.45) is 0 Å². The van der Waals surface area contributed by atoms with Crippen LogP contribution in [0.4, 0.5) is 0 Å². The van der Waals surface area contributed by atoms with E-state index in [1.165, 1.54) is 32.4 Å². The molecule has 0 amide bonds. The number of hydrogen-bond donors (Lipinski definition) is 0. The lowest BCUT2D eigenvalue weighted by molar-refractivity contribution is 0.183. The van der Waals surface area contributed by atoms with Gasteiger partial charge >= 0.3 is 9.45 Å². The van der Waals surface area contributed by atoms with Crippen molar-refractivity contribution in [3.63, 3.8) is 0 Å². The van der Waals surface area contributed by atoms with Crippen molar-refractivity contribution in [3.05, 3.63) is 0 Å². The maximum atomic E-state index is 5.28. The first-order valence-electron chi connectivity index (χ1n) is 4.18. The second kappa shape index (κ2) is 4.87. The monoisotopic (exact) mass is 175 g/mol. The highest BCUT2D eigenvalue weighted by Crippen LogP contribution is 2.10. The van der Waals surface area contributed by atoms with E-state index in [9.17, 15) is 0 Å². The van der Waals surface area contributed by atoms with Gasteiger partial charge in [0, 0.05) is 14.2 Å². The molecule has 0 aromatic heterocycles. The Hall–Kier alpha value is 0.0969. The van der Waals surface area contributed by atoms with Crippen LogP contribution in [0.5, 0.6) is 0 Å². The van der Waals surface area contributed by atoms with Crippen LogP contribution in [-0.2, 0) is 8.85 Å². The van der Waals surface area contributed by atoms with Crippen LogP contribution >= 0.6 is 0 Å². The topological polar surface area (TPSA) is 21.7 Å². The highest BCUT2D eigenvalue weighted by molar-refractivity contribution is 6.40. The van der Waals surface area contributed by atoms with E-state index >= 15 is 0 Å². The summed E-state index contributed by atoms with van der Waals surface area (Å²) in [4.78, 5) is 0. The van der Waals surface area contributed by atoms with Crippen LogP contribution in [0.2, 0.25) is 0 Å². The van der Waals surface area contributed by atoms with Crippen molar-refractivity contribution in [2.45, 2.75) is 19.3 Å². The van der Waals surface area contributed by atoms with Crippen molar-refractivity contribution < 1.29 is 8.85 Å². The van der Waals surface area contributed by atoms with Gasteiger partial charge < -0.3 is 8.85 Å². The molecule has 0 unspecified atom stereocenters. The van der Waals surface area contributed by atoms with E-state index in [2.05, 4.69) is 4.57 Å². The Morgan fingerprint density at radius 1 is 1.00 bits per heavy atom. The van der Waals surface area contributed by atoms with Crippen LogP contribution < -0.4 is 0 Å². The number of hydrogen-bond acceptors (Lipinski definition) is 3. The molecule has 0 atom stereocenters. The molecule has 11 heavy (non-hydrogen) atoms. The first-order chi connectivity index (χ1) is 5.38. The summed E-state index contributed by atoms with van der Waals surface area (Å²) in [6, 6.07) is 0. The molecule has 1 aliphatic rings. The van der Waals surface area contributed by atoms with Gasteiger partial charge in [-0.05, 0) is 25.9 Å². The van der Waals surface area contributed by atoms with Crippen molar-refractivity contribution in [1.29, 1.82) is 0 Å². The SMILES string of the molecule is CO[SiH](OC)N1CCCCC1. The van der Waals surface area contributed by atoms with E-state index in [1.54, 1.807) is 14.2 Å². The fourth-order valence-electron chi connectivity index (χ4n) is 1.52. The molecule has 0 radical (unpaired) electrons. The number of nitrogens with zero attached hydrogens (tertiary/aromatic N) is 1. The predicted octanol–water partition coefficient (Wildman–Crippen LogP) is 0.482. The summed E-state index contributed by atoms with van der Waals surface area (Å²) in [6.45, 7) is 2.33. The lowest BCUT2D eigenvalue weighted by atomic mass is 10.2. The third-order valence-corrected chi connectivity index (χ3v) is 4.01. The van der Waals surface area contributed by atoms with Gasteiger partial charge in [0.25, 0.3) is 0 Å². The fraction of sp³-hybridized carbons (Fsp3) is 1.00. The van der Waals surface area contributed by atoms with E-state index in [0.29, 0.717) is 0 Å². The Balaban J connectivity index is 2.30. The predicted molar refractivity (Wildman–Crippen MR) is 46.6 cm³/mol. The van der Waals surface area contributed by atoms with Crippen LogP contribution in [-0.4, -0.2) is 41.3 Å². The first-order valence-corrected chi connectivity index (χ1v) is 5.64. The summed E-state index contributed by atoms with van der Waals surface area (Å²) < 4.78 is 12.9. The number of piperidine rings is 1. The third kappa shape index (κ3) is 2.55. The minimum absolute atomic E-state index is 1.17. The molecule has 0 aliphatic carbocycles. The Morgan fingerprint density at radius 2 is 1.55 bits per heavy atom. The second-order valence-electron chi connectivity index (χ2n) is 2.88. The molecule has 1 heterocycles. The zero-order chi connectivity index (χ0) is 8.10. The molecule has 1 aliphatic heterocycles. The summed E-state index contributed by atoms with van der Waals surface area (Å²) in [7, 11) is 2.05. The lowest BCUT2D eigenvalue weighted by Gasteiger charge is -2.30. The molecular weight excluding hydrogens is 158 g/mol. The van der Waals surface area contributed by atoms with Crippen molar-refractivity contribution >= 4 is 9.45 Å². The summed E-state index contributed by atoms with van der Waals surface area (Å²) in [5.41, 5.74) is 0. The smallest absolute Gasteiger partial charge is 0.388 e. The Labute approximate surface area is 70.2 Å². The highest BCUT2D eigenvalue weighted by Gasteiger charge is 2.22. The quantitative estimate of drug-likeness (QED) is 0.582. The maximum absolute atomic E-state index is 5.28. The van der Waals surface area contributed by atoms with Crippen LogP contribution in [0.15, 0.2) is 0 Å². The Morgan fingerprint density at radius 3 is 2.00 bits per heavy atom. The third-order valence-electron chi connectivity index (χ3n) is 2.09. The highest BCUT2D eigenvalue weighted by atomic mass is 28.3. The van der Waals surface area contributed by atoms with Crippen molar-refractivity contribution in [2.75, 3.05) is 27.3 Å². The summed E-state index contributed by atoms with van der Waals surface area (Å²) >= 11 is 0. The van der Waals surface area contributed by atoms with E-state index in [-0.39, 0.29) is 0 Å². The van der Waals surface area contributed by atoms with Gasteiger partial charge in [0.15, 0.2) is 0 Å². The number of rotatable bonds is 3. The minimum Gasteiger partial charge on any atom is -0.388 e. The summed E-state index contributed by atoms with van der Waals surface area (Å²) in [6.07, 6.45) is 3.97. The lowest BCUT2D eigenvalue weighted by Crippen LogP contribution is -2.45. The largest absolute Gasteiger partial charge is 0.410 e. The van der Waals surface area contributed by atoms with E-state index in [0.717, 1.165) is 0 Å². The molecule has 66 valence electrons. The van der Waals surface area contributed by atoms with Crippen LogP contribution in [0.3, 0.4) is 0 Å². The molecule has 4 heteroatoms. The summed E-state index contributed by atoms with van der Waals surface area (Å²) in [5, 5.41) is 0. The van der Waals surface area contributed by atoms with Gasteiger partial charge in [0.05, 0.1) is 0 Å². The van der Waals surface area contributed by atoms with Gasteiger partial charge in [0.1, 0.15) is 0 Å². The maximum Gasteiger partial charge on any atom is 0.410 e. The van der Waals surface area contributed by atoms with Crippen molar-refractivity contribution in [3.8, 4) is 0 Å². The van der Waals surface area contributed by atoms with Gasteiger partial charge in [0.2, 0.25) is 0 Å². The van der Waals surface area contributed by atoms with Crippen molar-refractivity contribution in [1.82, 2.24) is 4.57 Å². The molecule has 0 aromatic carbocycles. The van der Waals surface area contributed by atoms with Gasteiger partial charge in [-0.2, -0.15) is 0 Å². The first kappa shape index (κ1) is 9.19. The fourth-order valence-corrected chi connectivity index (χ4v) is 3.10. The average molecular weight is 175 g/mol. The van der Waals surface area contributed by atoms with E-state index in [1.807, 2.05) is 0 Å². The molecule has 0 saturated carbocycles. The van der Waals surface area contributed by atoms with Crippen LogP contribution in [0.25, 0.3) is 0 Å². The Kier molecular flexibility index (Phi) is 4.07. The van der Waals surface area contributed by atoms with Gasteiger partial charge in [-0.25, -0.2) is 0 Å². The zero-order valence-electron chi connectivity index (χ0n) is 7.38. The average Bonchev–Trinajstić information content (AvgIpc) is 2.09. The van der Waals surface area contributed by atoms with E-state index < -0.39 is 9.45 Å². The van der Waals surface area contributed by atoms with Gasteiger partial charge in [-0.15, -0.1) is 0 Å². The summed E-state index contributed by atoms with van der Waals surface area (Å²) in [5.74, 6) is 0. The zero-order valence-corrected chi connectivity index (χ0v) is 8.53. The molecule has 0 bridgehead atoms. The van der Waals surface area contributed by atoms with Crippen LogP contribution in [0.1, 0.15) is 19.3 Å². The normalized spacial score (nSPS) is 21.0. The standard InChI is InChI=1S/C7H17NO2Si/c1-9-11(10-2)8-6-4-3-5-7-8/h11H,3-7H2,1-2H3. The second-order valence-corrected chi connectivity index (χ2v) is 5.16. The molecule has 1 saturated heterocycles. The molecule has 0 spiro atoms. The Bertz CT molecular complexity index is 103. The van der Waals surface area contributed by atoms with Gasteiger partial charge in [-0.3, -0.25) is 4.57 Å². The van der Waals surface area contributed by atoms with Gasteiger partial charge in [-0.1, -0.05) is 6.42 Å². The molecule has 1 fully saturated rings. The minimum atomic E-state index is -1.44. The molecule has 0 aromatic rings. The molecular formula is C7H17NO2Si. The molecule has 3 nitrogen and oxygen atoms in total. The van der Waals surface area contributed by atoms with Crippen LogP contribution in [0, 0.1) is 0 Å². The molecule has 0 N–H and O–H groups in total.